The lowest BCUT2D eigenvalue weighted by Gasteiger charge is -2.25. The fraction of sp³-hybridized carbons (Fsp3) is 0.400. The number of benzene rings is 1. The molecule has 1 aliphatic carbocycles. The van der Waals surface area contributed by atoms with Crippen LogP contribution in [0.5, 0.6) is 11.5 Å². The van der Waals surface area contributed by atoms with Crippen molar-refractivity contribution >= 4 is 5.91 Å². The molecule has 1 aromatic heterocycles. The quantitative estimate of drug-likeness (QED) is 0.840. The second-order valence-corrected chi connectivity index (χ2v) is 6.76. The molecule has 1 aliphatic rings. The van der Waals surface area contributed by atoms with E-state index in [4.69, 9.17) is 4.74 Å². The maximum atomic E-state index is 12.8. The Balaban J connectivity index is 1.67. The van der Waals surface area contributed by atoms with E-state index < -0.39 is 0 Å². The number of aromatic hydroxyl groups is 1. The number of rotatable bonds is 7. The number of carbonyl (C=O) groups is 1. The van der Waals surface area contributed by atoms with Gasteiger partial charge in [-0.2, -0.15) is 0 Å². The Hall–Kier alpha value is -2.56. The highest BCUT2D eigenvalue weighted by Gasteiger charge is 2.23. The number of ether oxygens (including phenoxy) is 1. The SMILES string of the molecule is CC(Cc1ccccn1)N(C)C(=O)c1cc(O)cc(OCC2CC2)c1. The van der Waals surface area contributed by atoms with Gasteiger partial charge in [-0.1, -0.05) is 6.07 Å². The van der Waals surface area contributed by atoms with E-state index in [2.05, 4.69) is 4.98 Å². The van der Waals surface area contributed by atoms with Crippen LogP contribution in [0.15, 0.2) is 42.6 Å². The molecule has 1 aromatic carbocycles. The molecule has 3 rings (SSSR count). The van der Waals surface area contributed by atoms with Crippen LogP contribution >= 0.6 is 0 Å². The number of hydrogen-bond donors (Lipinski definition) is 1. The van der Waals surface area contributed by atoms with E-state index in [0.717, 1.165) is 5.69 Å². The summed E-state index contributed by atoms with van der Waals surface area (Å²) < 4.78 is 5.70. The van der Waals surface area contributed by atoms with Gasteiger partial charge in [-0.3, -0.25) is 9.78 Å². The average Bonchev–Trinajstić information content (AvgIpc) is 3.43. The maximum Gasteiger partial charge on any atom is 0.254 e. The van der Waals surface area contributed by atoms with E-state index in [0.29, 0.717) is 30.3 Å². The first-order valence-corrected chi connectivity index (χ1v) is 8.67. The largest absolute Gasteiger partial charge is 0.508 e. The van der Waals surface area contributed by atoms with E-state index in [-0.39, 0.29) is 17.7 Å². The smallest absolute Gasteiger partial charge is 0.254 e. The molecular weight excluding hydrogens is 316 g/mol. The Morgan fingerprint density at radius 2 is 2.16 bits per heavy atom. The molecule has 1 saturated carbocycles. The maximum absolute atomic E-state index is 12.8. The zero-order chi connectivity index (χ0) is 17.8. The molecule has 2 aromatic rings. The van der Waals surface area contributed by atoms with E-state index in [1.165, 1.54) is 18.9 Å². The molecule has 132 valence electrons. The zero-order valence-electron chi connectivity index (χ0n) is 14.7. The Bertz CT molecular complexity index is 729. The highest BCUT2D eigenvalue weighted by Crippen LogP contribution is 2.31. The van der Waals surface area contributed by atoms with Gasteiger partial charge in [0.2, 0.25) is 0 Å². The molecule has 1 fully saturated rings. The first-order valence-electron chi connectivity index (χ1n) is 8.67. The van der Waals surface area contributed by atoms with E-state index in [1.54, 1.807) is 30.3 Å². The minimum absolute atomic E-state index is 0.0134. The van der Waals surface area contributed by atoms with Crippen LogP contribution in [0.2, 0.25) is 0 Å². The molecular formula is C20H24N2O3. The number of hydrogen-bond acceptors (Lipinski definition) is 4. The summed E-state index contributed by atoms with van der Waals surface area (Å²) in [5.74, 6) is 1.06. The minimum atomic E-state index is -0.143. The topological polar surface area (TPSA) is 62.7 Å². The van der Waals surface area contributed by atoms with Gasteiger partial charge in [-0.05, 0) is 49.9 Å². The van der Waals surface area contributed by atoms with Crippen LogP contribution in [0.3, 0.4) is 0 Å². The van der Waals surface area contributed by atoms with Crippen molar-refractivity contribution in [2.75, 3.05) is 13.7 Å². The van der Waals surface area contributed by atoms with E-state index in [9.17, 15) is 9.90 Å². The molecule has 0 saturated heterocycles. The molecule has 5 nitrogen and oxygen atoms in total. The third-order valence-corrected chi connectivity index (χ3v) is 4.53. The molecule has 5 heteroatoms. The van der Waals surface area contributed by atoms with Crippen molar-refractivity contribution in [3.05, 3.63) is 53.9 Å². The Morgan fingerprint density at radius 1 is 1.36 bits per heavy atom. The van der Waals surface area contributed by atoms with Crippen LogP contribution < -0.4 is 4.74 Å². The summed E-state index contributed by atoms with van der Waals surface area (Å²) in [7, 11) is 1.77. The number of phenolic OH excluding ortho intramolecular Hbond substituents is 1. The highest BCUT2D eigenvalue weighted by atomic mass is 16.5. The highest BCUT2D eigenvalue weighted by molar-refractivity contribution is 5.95. The van der Waals surface area contributed by atoms with Gasteiger partial charge in [0.15, 0.2) is 0 Å². The van der Waals surface area contributed by atoms with Crippen LogP contribution in [-0.2, 0) is 6.42 Å². The van der Waals surface area contributed by atoms with Crippen LogP contribution in [0.25, 0.3) is 0 Å². The van der Waals surface area contributed by atoms with Crippen LogP contribution in [0.4, 0.5) is 0 Å². The van der Waals surface area contributed by atoms with Crippen molar-refractivity contribution in [2.45, 2.75) is 32.2 Å². The number of amides is 1. The number of pyridine rings is 1. The molecule has 1 unspecified atom stereocenters. The summed E-state index contributed by atoms with van der Waals surface area (Å²) in [6.45, 7) is 2.63. The van der Waals surface area contributed by atoms with Gasteiger partial charge >= 0.3 is 0 Å². The molecule has 1 N–H and O–H groups in total. The molecule has 1 heterocycles. The van der Waals surface area contributed by atoms with Crippen molar-refractivity contribution in [1.29, 1.82) is 0 Å². The van der Waals surface area contributed by atoms with Gasteiger partial charge < -0.3 is 14.7 Å². The first-order chi connectivity index (χ1) is 12.0. The summed E-state index contributed by atoms with van der Waals surface area (Å²) >= 11 is 0. The Morgan fingerprint density at radius 3 is 2.84 bits per heavy atom. The lowest BCUT2D eigenvalue weighted by Crippen LogP contribution is -2.36. The molecule has 0 radical (unpaired) electrons. The third kappa shape index (κ3) is 4.72. The average molecular weight is 340 g/mol. The van der Waals surface area contributed by atoms with Gasteiger partial charge in [0, 0.05) is 43.0 Å². The van der Waals surface area contributed by atoms with Crippen LogP contribution in [0.1, 0.15) is 35.8 Å². The zero-order valence-corrected chi connectivity index (χ0v) is 14.7. The van der Waals surface area contributed by atoms with Crippen LogP contribution in [-0.4, -0.2) is 40.6 Å². The van der Waals surface area contributed by atoms with Crippen molar-refractivity contribution < 1.29 is 14.6 Å². The fourth-order valence-corrected chi connectivity index (χ4v) is 2.65. The predicted molar refractivity (Wildman–Crippen MR) is 95.8 cm³/mol. The normalized spacial score (nSPS) is 14.8. The van der Waals surface area contributed by atoms with Gasteiger partial charge in [0.1, 0.15) is 11.5 Å². The van der Waals surface area contributed by atoms with E-state index >= 15 is 0 Å². The van der Waals surface area contributed by atoms with Crippen molar-refractivity contribution in [1.82, 2.24) is 9.88 Å². The third-order valence-electron chi connectivity index (χ3n) is 4.53. The standard InChI is InChI=1S/C20H24N2O3/c1-14(9-17-5-3-4-8-21-17)22(2)20(24)16-10-18(23)12-19(11-16)25-13-15-6-7-15/h3-5,8,10-12,14-15,23H,6-7,9,13H2,1-2H3. The van der Waals surface area contributed by atoms with Gasteiger partial charge in [-0.15, -0.1) is 0 Å². The molecule has 0 bridgehead atoms. The summed E-state index contributed by atoms with van der Waals surface area (Å²) in [6, 6.07) is 10.5. The van der Waals surface area contributed by atoms with Gasteiger partial charge in [0.25, 0.3) is 5.91 Å². The molecule has 0 aliphatic heterocycles. The Kier molecular flexibility index (Phi) is 5.22. The molecule has 25 heavy (non-hydrogen) atoms. The first kappa shape index (κ1) is 17.3. The summed E-state index contributed by atoms with van der Waals surface area (Å²) in [6.07, 6.45) is 4.81. The second kappa shape index (κ2) is 7.55. The fourth-order valence-electron chi connectivity index (χ4n) is 2.65. The minimum Gasteiger partial charge on any atom is -0.508 e. The van der Waals surface area contributed by atoms with Crippen LogP contribution in [0, 0.1) is 5.92 Å². The summed E-state index contributed by atoms with van der Waals surface area (Å²) in [4.78, 5) is 18.8. The molecule has 0 spiro atoms. The predicted octanol–water partition coefficient (Wildman–Crippen LogP) is 3.28. The monoisotopic (exact) mass is 340 g/mol. The van der Waals surface area contributed by atoms with E-state index in [1.807, 2.05) is 25.1 Å². The molecule has 1 atom stereocenters. The lowest BCUT2D eigenvalue weighted by molar-refractivity contribution is 0.0742. The van der Waals surface area contributed by atoms with Gasteiger partial charge in [-0.25, -0.2) is 0 Å². The Labute approximate surface area is 148 Å². The van der Waals surface area contributed by atoms with Crippen molar-refractivity contribution in [3.8, 4) is 11.5 Å². The second-order valence-electron chi connectivity index (χ2n) is 6.76. The number of carbonyl (C=O) groups excluding carboxylic acids is 1. The number of aromatic nitrogens is 1. The number of likely N-dealkylation sites (N-methyl/N-ethyl adjacent to an activating group) is 1. The number of phenols is 1. The van der Waals surface area contributed by atoms with Crippen molar-refractivity contribution in [2.24, 2.45) is 5.92 Å². The summed E-state index contributed by atoms with van der Waals surface area (Å²) in [5, 5.41) is 9.92. The van der Waals surface area contributed by atoms with Crippen molar-refractivity contribution in [3.63, 3.8) is 0 Å². The lowest BCUT2D eigenvalue weighted by atomic mass is 10.1. The molecule has 1 amide bonds. The summed E-state index contributed by atoms with van der Waals surface area (Å²) in [5.41, 5.74) is 1.38. The van der Waals surface area contributed by atoms with Gasteiger partial charge in [0.05, 0.1) is 6.61 Å². The number of nitrogens with zero attached hydrogens (tertiary/aromatic N) is 2.